The zero-order chi connectivity index (χ0) is 15.6. The van der Waals surface area contributed by atoms with Gasteiger partial charge in [-0.3, -0.25) is 9.48 Å². The molecule has 3 rings (SSSR count). The van der Waals surface area contributed by atoms with Crippen LogP contribution in [-0.2, 0) is 16.0 Å². The number of aromatic nitrogens is 2. The van der Waals surface area contributed by atoms with Gasteiger partial charge in [-0.1, -0.05) is 18.2 Å². The van der Waals surface area contributed by atoms with Crippen molar-refractivity contribution < 1.29 is 14.3 Å². The third kappa shape index (κ3) is 3.52. The van der Waals surface area contributed by atoms with Crippen molar-refractivity contribution in [2.45, 2.75) is 32.3 Å². The van der Waals surface area contributed by atoms with Crippen LogP contribution in [0, 0.1) is 0 Å². The van der Waals surface area contributed by atoms with Gasteiger partial charge < -0.3 is 14.8 Å². The molecule has 0 bridgehead atoms. The van der Waals surface area contributed by atoms with Crippen molar-refractivity contribution >= 4 is 11.7 Å². The summed E-state index contributed by atoms with van der Waals surface area (Å²) in [6.45, 7) is 4.91. The van der Waals surface area contributed by atoms with Gasteiger partial charge >= 0.3 is 0 Å². The van der Waals surface area contributed by atoms with E-state index in [9.17, 15) is 4.79 Å². The lowest BCUT2D eigenvalue weighted by atomic mass is 10.2. The standard InChI is InChI=1S/C16H19N3O3/c1-16(2)21-11-13(22-16)10-19-9-8-14(18-19)17-15(20)12-6-4-3-5-7-12/h3-9,13H,10-11H2,1-2H3,(H,17,18,20)/t13-/m1/s1. The predicted octanol–water partition coefficient (Wildman–Crippen LogP) is 2.29. The summed E-state index contributed by atoms with van der Waals surface area (Å²) in [5.74, 6) is -0.193. The number of hydrogen-bond donors (Lipinski definition) is 1. The van der Waals surface area contributed by atoms with Gasteiger partial charge in [-0.05, 0) is 26.0 Å². The molecule has 0 aliphatic carbocycles. The van der Waals surface area contributed by atoms with E-state index < -0.39 is 5.79 Å². The maximum Gasteiger partial charge on any atom is 0.256 e. The van der Waals surface area contributed by atoms with Gasteiger partial charge in [0.25, 0.3) is 5.91 Å². The van der Waals surface area contributed by atoms with E-state index in [4.69, 9.17) is 9.47 Å². The van der Waals surface area contributed by atoms with Crippen LogP contribution in [0.1, 0.15) is 24.2 Å². The highest BCUT2D eigenvalue weighted by atomic mass is 16.7. The third-order valence-electron chi connectivity index (χ3n) is 3.38. The Balaban J connectivity index is 1.59. The van der Waals surface area contributed by atoms with E-state index in [-0.39, 0.29) is 12.0 Å². The Morgan fingerprint density at radius 3 is 2.82 bits per heavy atom. The number of hydrogen-bond acceptors (Lipinski definition) is 4. The normalized spacial score (nSPS) is 20.0. The Hall–Kier alpha value is -2.18. The second-order valence-electron chi connectivity index (χ2n) is 5.69. The van der Waals surface area contributed by atoms with E-state index >= 15 is 0 Å². The average Bonchev–Trinajstić information content (AvgIpc) is 3.06. The second kappa shape index (κ2) is 5.90. The molecule has 1 amide bonds. The summed E-state index contributed by atoms with van der Waals surface area (Å²) < 4.78 is 13.0. The van der Waals surface area contributed by atoms with Gasteiger partial charge in [-0.15, -0.1) is 0 Å². The maximum absolute atomic E-state index is 12.0. The summed E-state index contributed by atoms with van der Waals surface area (Å²) in [6, 6.07) is 10.8. The van der Waals surface area contributed by atoms with Gasteiger partial charge in [0, 0.05) is 17.8 Å². The van der Waals surface area contributed by atoms with Crippen LogP contribution < -0.4 is 5.32 Å². The molecule has 1 fully saturated rings. The SMILES string of the molecule is CC1(C)OC[C@@H](Cn2ccc(NC(=O)c3ccccc3)n2)O1. The van der Waals surface area contributed by atoms with Crippen molar-refractivity contribution in [3.8, 4) is 0 Å². The molecule has 0 radical (unpaired) electrons. The highest BCUT2D eigenvalue weighted by Crippen LogP contribution is 2.23. The minimum Gasteiger partial charge on any atom is -0.348 e. The lowest BCUT2D eigenvalue weighted by molar-refractivity contribution is -0.139. The van der Waals surface area contributed by atoms with Gasteiger partial charge in [-0.2, -0.15) is 5.10 Å². The molecule has 1 aliphatic heterocycles. The Labute approximate surface area is 129 Å². The molecule has 1 N–H and O–H groups in total. The van der Waals surface area contributed by atoms with Crippen LogP contribution in [0.5, 0.6) is 0 Å². The molecule has 1 atom stereocenters. The molecule has 2 heterocycles. The van der Waals surface area contributed by atoms with Crippen molar-refractivity contribution in [3.05, 3.63) is 48.2 Å². The van der Waals surface area contributed by atoms with E-state index in [1.54, 1.807) is 22.9 Å². The summed E-state index contributed by atoms with van der Waals surface area (Å²) in [6.07, 6.45) is 1.78. The number of benzene rings is 1. The molecule has 1 aromatic carbocycles. The number of ether oxygens (including phenoxy) is 2. The maximum atomic E-state index is 12.0. The number of carbonyl (C=O) groups excluding carboxylic acids is 1. The van der Waals surface area contributed by atoms with Gasteiger partial charge in [0.2, 0.25) is 0 Å². The molecule has 6 nitrogen and oxygen atoms in total. The van der Waals surface area contributed by atoms with Crippen molar-refractivity contribution in [2.24, 2.45) is 0 Å². The molecule has 0 spiro atoms. The first kappa shape index (κ1) is 14.7. The molecule has 116 valence electrons. The first-order chi connectivity index (χ1) is 10.5. The fourth-order valence-corrected chi connectivity index (χ4v) is 2.37. The summed E-state index contributed by atoms with van der Waals surface area (Å²) in [5, 5.41) is 7.11. The average molecular weight is 301 g/mol. The van der Waals surface area contributed by atoms with Crippen LogP contribution in [0.3, 0.4) is 0 Å². The topological polar surface area (TPSA) is 65.4 Å². The van der Waals surface area contributed by atoms with E-state index in [0.717, 1.165) is 0 Å². The first-order valence-corrected chi connectivity index (χ1v) is 7.23. The smallest absolute Gasteiger partial charge is 0.256 e. The van der Waals surface area contributed by atoms with Crippen LogP contribution in [0.4, 0.5) is 5.82 Å². The lowest BCUT2D eigenvalue weighted by Gasteiger charge is -2.16. The number of nitrogens with zero attached hydrogens (tertiary/aromatic N) is 2. The first-order valence-electron chi connectivity index (χ1n) is 7.23. The molecular weight excluding hydrogens is 282 g/mol. The fourth-order valence-electron chi connectivity index (χ4n) is 2.37. The summed E-state index contributed by atoms with van der Waals surface area (Å²) in [5.41, 5.74) is 0.603. The van der Waals surface area contributed by atoms with Gasteiger partial charge in [0.1, 0.15) is 6.10 Å². The largest absolute Gasteiger partial charge is 0.348 e. The van der Waals surface area contributed by atoms with Crippen molar-refractivity contribution in [1.29, 1.82) is 0 Å². The van der Waals surface area contributed by atoms with Crippen LogP contribution in [0.25, 0.3) is 0 Å². The highest BCUT2D eigenvalue weighted by Gasteiger charge is 2.32. The summed E-state index contributed by atoms with van der Waals surface area (Å²) in [7, 11) is 0. The lowest BCUT2D eigenvalue weighted by Crippen LogP contribution is -2.24. The third-order valence-corrected chi connectivity index (χ3v) is 3.38. The summed E-state index contributed by atoms with van der Waals surface area (Å²) >= 11 is 0. The molecular formula is C16H19N3O3. The number of amides is 1. The molecule has 1 aromatic heterocycles. The Morgan fingerprint density at radius 1 is 1.36 bits per heavy atom. The van der Waals surface area contributed by atoms with Crippen LogP contribution in [0.15, 0.2) is 42.6 Å². The van der Waals surface area contributed by atoms with Gasteiger partial charge in [-0.25, -0.2) is 0 Å². The Bertz CT molecular complexity index is 652. The minimum absolute atomic E-state index is 0.0347. The molecule has 22 heavy (non-hydrogen) atoms. The molecule has 0 saturated carbocycles. The Kier molecular flexibility index (Phi) is 3.96. The predicted molar refractivity (Wildman–Crippen MR) is 81.5 cm³/mol. The number of nitrogens with one attached hydrogen (secondary N) is 1. The van der Waals surface area contributed by atoms with Crippen molar-refractivity contribution in [2.75, 3.05) is 11.9 Å². The van der Waals surface area contributed by atoms with E-state index in [1.807, 2.05) is 38.2 Å². The van der Waals surface area contributed by atoms with E-state index in [0.29, 0.717) is 24.5 Å². The second-order valence-corrected chi connectivity index (χ2v) is 5.69. The number of rotatable bonds is 4. The van der Waals surface area contributed by atoms with Crippen molar-refractivity contribution in [1.82, 2.24) is 9.78 Å². The monoisotopic (exact) mass is 301 g/mol. The molecule has 1 aliphatic rings. The minimum atomic E-state index is -0.540. The van der Waals surface area contributed by atoms with Crippen LogP contribution >= 0.6 is 0 Å². The zero-order valence-corrected chi connectivity index (χ0v) is 12.7. The van der Waals surface area contributed by atoms with E-state index in [2.05, 4.69) is 10.4 Å². The van der Waals surface area contributed by atoms with Crippen LogP contribution in [-0.4, -0.2) is 34.2 Å². The van der Waals surface area contributed by atoms with Crippen molar-refractivity contribution in [3.63, 3.8) is 0 Å². The highest BCUT2D eigenvalue weighted by molar-refractivity contribution is 6.03. The van der Waals surface area contributed by atoms with E-state index in [1.165, 1.54) is 0 Å². The van der Waals surface area contributed by atoms with Gasteiger partial charge in [0.15, 0.2) is 11.6 Å². The zero-order valence-electron chi connectivity index (χ0n) is 12.7. The molecule has 2 aromatic rings. The number of carbonyl (C=O) groups is 1. The van der Waals surface area contributed by atoms with Crippen LogP contribution in [0.2, 0.25) is 0 Å². The number of anilines is 1. The Morgan fingerprint density at radius 2 is 2.14 bits per heavy atom. The fraction of sp³-hybridized carbons (Fsp3) is 0.375. The molecule has 1 saturated heterocycles. The van der Waals surface area contributed by atoms with Gasteiger partial charge in [0.05, 0.1) is 13.2 Å². The molecule has 0 unspecified atom stereocenters. The summed E-state index contributed by atoms with van der Waals surface area (Å²) in [4.78, 5) is 12.0. The quantitative estimate of drug-likeness (QED) is 0.941. The molecule has 6 heteroatoms.